The topological polar surface area (TPSA) is 105 Å². The molecule has 10 nitrogen and oxygen atoms in total. The van der Waals surface area contributed by atoms with Gasteiger partial charge in [0.2, 0.25) is 0 Å². The fraction of sp³-hybridized carbons (Fsp3) is 0.551. The predicted molar refractivity (Wildman–Crippen MR) is 240 cm³/mol. The fourth-order valence-corrected chi connectivity index (χ4v) is 7.87. The van der Waals surface area contributed by atoms with Crippen LogP contribution in [0.5, 0.6) is 5.75 Å². The number of esters is 1. The van der Waals surface area contributed by atoms with Gasteiger partial charge >= 0.3 is 5.97 Å². The van der Waals surface area contributed by atoms with Crippen LogP contribution in [-0.2, 0) is 40.2 Å². The van der Waals surface area contributed by atoms with E-state index in [9.17, 15) is 4.79 Å². The number of ether oxygens (including phenoxy) is 3. The molecule has 61 heavy (non-hydrogen) atoms. The number of carbonyl (C=O) groups is 1. The molecule has 0 N–H and O–H groups in total. The highest BCUT2D eigenvalue weighted by Crippen LogP contribution is 2.39. The number of rotatable bonds is 32. The molecule has 332 valence electrons. The number of benzene rings is 1. The maximum Gasteiger partial charge on any atom is 0.308 e. The van der Waals surface area contributed by atoms with Crippen LogP contribution >= 0.6 is 11.6 Å². The van der Waals surface area contributed by atoms with Gasteiger partial charge in [0.25, 0.3) is 0 Å². The molecule has 12 heteroatoms. The predicted octanol–water partition coefficient (Wildman–Crippen LogP) is 8.30. The third-order valence-corrected chi connectivity index (χ3v) is 11.2. The van der Waals surface area contributed by atoms with E-state index in [0.717, 1.165) is 89.8 Å². The van der Waals surface area contributed by atoms with E-state index in [4.69, 9.17) is 25.8 Å². The van der Waals surface area contributed by atoms with Crippen molar-refractivity contribution in [1.29, 1.82) is 0 Å². The SMILES string of the molecule is CC(=O)Oc1c(-c2cn(CCCCCCCCCCOCCCc3ccc[n+](CCCCCCCCCCOCCCc4cccnc4)c3)nn2)cc(Cl)c2cccnc12.[Cl-]. The summed E-state index contributed by atoms with van der Waals surface area (Å²) >= 11 is 6.55. The third-order valence-electron chi connectivity index (χ3n) is 10.9. The van der Waals surface area contributed by atoms with Crippen LogP contribution in [-0.4, -0.2) is 57.4 Å². The minimum Gasteiger partial charge on any atom is -1.00 e. The van der Waals surface area contributed by atoms with Crippen LogP contribution in [0.4, 0.5) is 0 Å². The fourth-order valence-electron chi connectivity index (χ4n) is 7.61. The molecule has 0 aliphatic heterocycles. The molecule has 5 aromatic rings. The summed E-state index contributed by atoms with van der Waals surface area (Å²) in [4.78, 5) is 20.5. The Bertz CT molecular complexity index is 1950. The molecule has 0 aliphatic carbocycles. The molecule has 1 aromatic carbocycles. The second-order valence-corrected chi connectivity index (χ2v) is 16.4. The van der Waals surface area contributed by atoms with Crippen LogP contribution < -0.4 is 21.7 Å². The lowest BCUT2D eigenvalue weighted by molar-refractivity contribution is -0.697. The zero-order valence-electron chi connectivity index (χ0n) is 36.5. The van der Waals surface area contributed by atoms with Gasteiger partial charge in [-0.2, -0.15) is 0 Å². The van der Waals surface area contributed by atoms with Crippen molar-refractivity contribution in [2.45, 2.75) is 148 Å². The molecule has 5 rings (SSSR count). The molecule has 0 radical (unpaired) electrons. The van der Waals surface area contributed by atoms with Gasteiger partial charge in [-0.25, -0.2) is 4.57 Å². The number of hydrogen-bond donors (Lipinski definition) is 0. The minimum atomic E-state index is -0.426. The Balaban J connectivity index is 0.00000819. The summed E-state index contributed by atoms with van der Waals surface area (Å²) in [6, 6.07) is 14.0. The second-order valence-electron chi connectivity index (χ2n) is 16.0. The number of halogens is 2. The van der Waals surface area contributed by atoms with E-state index in [1.807, 2.05) is 35.4 Å². The lowest BCUT2D eigenvalue weighted by Crippen LogP contribution is -3.00. The molecule has 4 heterocycles. The third kappa shape index (κ3) is 19.3. The van der Waals surface area contributed by atoms with Crippen LogP contribution in [0.15, 0.2) is 79.6 Å². The minimum absolute atomic E-state index is 0. The van der Waals surface area contributed by atoms with Gasteiger partial charge in [0.15, 0.2) is 18.1 Å². The molecule has 0 spiro atoms. The summed E-state index contributed by atoms with van der Waals surface area (Å²) in [6.07, 6.45) is 36.0. The van der Waals surface area contributed by atoms with E-state index in [1.54, 1.807) is 18.3 Å². The molecular weight excluding hydrogens is 807 g/mol. The van der Waals surface area contributed by atoms with Crippen molar-refractivity contribution in [1.82, 2.24) is 25.0 Å². The van der Waals surface area contributed by atoms with Gasteiger partial charge in [-0.05, 0) is 87.3 Å². The molecule has 0 aliphatic rings. The quantitative estimate of drug-likeness (QED) is 0.0184. The van der Waals surface area contributed by atoms with Gasteiger partial charge in [0.1, 0.15) is 17.8 Å². The Kier molecular flexibility index (Phi) is 24.6. The normalized spacial score (nSPS) is 11.2. The van der Waals surface area contributed by atoms with E-state index in [2.05, 4.69) is 55.4 Å². The number of nitrogens with zero attached hydrogens (tertiary/aromatic N) is 6. The lowest BCUT2D eigenvalue weighted by Gasteiger charge is -2.11. The molecular formula is C49H68Cl2N6O4. The Morgan fingerprint density at radius 3 is 2.00 bits per heavy atom. The largest absolute Gasteiger partial charge is 1.00 e. The van der Waals surface area contributed by atoms with Gasteiger partial charge in [-0.1, -0.05) is 93.5 Å². The van der Waals surface area contributed by atoms with Crippen molar-refractivity contribution in [3.63, 3.8) is 0 Å². The number of fused-ring (bicyclic) bond motifs is 1. The van der Waals surface area contributed by atoms with Crippen molar-refractivity contribution in [3.05, 3.63) is 95.8 Å². The number of aromatic nitrogens is 6. The first kappa shape index (κ1) is 49.7. The summed E-state index contributed by atoms with van der Waals surface area (Å²) in [5, 5.41) is 9.91. The van der Waals surface area contributed by atoms with E-state index < -0.39 is 5.97 Å². The molecule has 0 unspecified atom stereocenters. The van der Waals surface area contributed by atoms with Gasteiger partial charge in [0, 0.05) is 81.9 Å². The summed E-state index contributed by atoms with van der Waals surface area (Å²) < 4.78 is 21.6. The summed E-state index contributed by atoms with van der Waals surface area (Å²) in [5.41, 5.74) is 4.44. The summed E-state index contributed by atoms with van der Waals surface area (Å²) in [7, 11) is 0. The van der Waals surface area contributed by atoms with Crippen LogP contribution in [0, 0.1) is 0 Å². The molecule has 0 saturated heterocycles. The van der Waals surface area contributed by atoms with Gasteiger partial charge in [0.05, 0.1) is 16.8 Å². The van der Waals surface area contributed by atoms with Crippen LogP contribution in [0.2, 0.25) is 5.02 Å². The Morgan fingerprint density at radius 2 is 1.33 bits per heavy atom. The Hall–Kier alpha value is -3.96. The smallest absolute Gasteiger partial charge is 0.308 e. The highest BCUT2D eigenvalue weighted by atomic mass is 35.5. The van der Waals surface area contributed by atoms with Gasteiger partial charge in [-0.15, -0.1) is 5.10 Å². The Labute approximate surface area is 375 Å². The average molecular weight is 876 g/mol. The van der Waals surface area contributed by atoms with Crippen LogP contribution in [0.25, 0.3) is 22.2 Å². The summed E-state index contributed by atoms with van der Waals surface area (Å²) in [6.45, 7) is 6.71. The first-order valence-electron chi connectivity index (χ1n) is 22.8. The standard InChI is InChI=1S/C49H68ClN6O4.ClH/c1-41(57)60-49-45(37-46(50)44-27-19-29-52-48(44)49)47-40-56(54-53-47)32-15-11-7-3-5-9-13-17-34-59-36-22-26-43-24-20-31-55(39-43)30-14-10-6-2-4-8-12-16-33-58-35-21-25-42-23-18-28-51-38-42;/h18-20,23-24,27-29,31,37-40H,2-17,21-22,25-26,30,32-36H2,1H3;1H/q+1;/p-1. The molecule has 0 amide bonds. The maximum absolute atomic E-state index is 11.9. The number of carbonyl (C=O) groups excluding carboxylic acids is 1. The summed E-state index contributed by atoms with van der Waals surface area (Å²) in [5.74, 6) is -0.0710. The maximum atomic E-state index is 11.9. The van der Waals surface area contributed by atoms with Crippen molar-refractivity contribution in [3.8, 4) is 17.0 Å². The highest BCUT2D eigenvalue weighted by Gasteiger charge is 2.19. The monoisotopic (exact) mass is 874 g/mol. The molecule has 0 bridgehead atoms. The molecule has 0 saturated carbocycles. The van der Waals surface area contributed by atoms with Gasteiger partial charge < -0.3 is 26.6 Å². The zero-order valence-corrected chi connectivity index (χ0v) is 38.0. The first-order valence-corrected chi connectivity index (χ1v) is 23.1. The van der Waals surface area contributed by atoms with Crippen LogP contribution in [0.3, 0.4) is 0 Å². The van der Waals surface area contributed by atoms with Crippen LogP contribution in [0.1, 0.15) is 134 Å². The number of aryl methyl sites for hydroxylation is 4. The number of pyridine rings is 3. The Morgan fingerprint density at radius 1 is 0.721 bits per heavy atom. The average Bonchev–Trinajstić information content (AvgIpc) is 3.74. The van der Waals surface area contributed by atoms with E-state index in [-0.39, 0.29) is 12.4 Å². The first-order chi connectivity index (χ1) is 29.6. The molecule has 0 atom stereocenters. The van der Waals surface area contributed by atoms with Gasteiger partial charge in [-0.3, -0.25) is 19.4 Å². The highest BCUT2D eigenvalue weighted by molar-refractivity contribution is 6.36. The van der Waals surface area contributed by atoms with Crippen molar-refractivity contribution < 1.29 is 36.0 Å². The second kappa shape index (κ2) is 30.1. The zero-order chi connectivity index (χ0) is 41.9. The number of hydrogen-bond acceptors (Lipinski definition) is 8. The number of unbranched alkanes of at least 4 members (excludes halogenated alkanes) is 14. The van der Waals surface area contributed by atoms with E-state index in [0.29, 0.717) is 27.5 Å². The van der Waals surface area contributed by atoms with Crippen molar-refractivity contribution in [2.24, 2.45) is 0 Å². The molecule has 4 aromatic heterocycles. The van der Waals surface area contributed by atoms with Crippen molar-refractivity contribution in [2.75, 3.05) is 26.4 Å². The lowest BCUT2D eigenvalue weighted by atomic mass is 10.1. The van der Waals surface area contributed by atoms with E-state index in [1.165, 1.54) is 102 Å². The van der Waals surface area contributed by atoms with E-state index >= 15 is 0 Å². The molecule has 0 fully saturated rings. The van der Waals surface area contributed by atoms with Crippen molar-refractivity contribution >= 4 is 28.5 Å².